The molecule has 0 radical (unpaired) electrons. The monoisotopic (exact) mass is 810 g/mol. The number of pyridine rings is 1. The van der Waals surface area contributed by atoms with Gasteiger partial charge in [-0.05, 0) is 53.4 Å². The molecular weight excluding hydrogens is 761 g/mol. The lowest BCUT2D eigenvalue weighted by molar-refractivity contribution is 0.0947. The number of hydrogen-bond acceptors (Lipinski definition) is 11. The van der Waals surface area contributed by atoms with Gasteiger partial charge in [0.05, 0.1) is 37.5 Å². The molecule has 2 heterocycles. The first-order valence-electron chi connectivity index (χ1n) is 18.8. The standard InChI is InChI=1S/C42H50N8O7S/c1-42(2,3)28-23-35(39(56-5)36(24-28)49-58(6,53)54)48-41(52)47-34-11-12-37(33-10-8-7-9-32(33)34)57-30-13-14-44-38(26-30)46-29-21-27(22-31(25-29)55-4)40(51)45-17-20-50-18-15-43-16-19-50/h7-14,21-26,43,49H,15-20H2,1-6H3,(H,44,46)(H,45,51)(H2,47,48,52). The fraction of sp³-hybridized carbons (Fsp3) is 0.310. The lowest BCUT2D eigenvalue weighted by atomic mass is 9.86. The smallest absolute Gasteiger partial charge is 0.323 e. The van der Waals surface area contributed by atoms with Gasteiger partial charge in [-0.2, -0.15) is 0 Å². The van der Waals surface area contributed by atoms with Gasteiger partial charge in [0.15, 0.2) is 5.75 Å². The molecule has 1 aliphatic heterocycles. The molecule has 6 rings (SSSR count). The fourth-order valence-electron chi connectivity index (χ4n) is 6.50. The highest BCUT2D eigenvalue weighted by atomic mass is 32.2. The van der Waals surface area contributed by atoms with Crippen LogP contribution in [0.15, 0.2) is 85.1 Å². The van der Waals surface area contributed by atoms with Crippen LogP contribution < -0.4 is 45.5 Å². The van der Waals surface area contributed by atoms with E-state index in [1.165, 1.54) is 7.11 Å². The third-order valence-electron chi connectivity index (χ3n) is 9.39. The van der Waals surface area contributed by atoms with Crippen LogP contribution >= 0.6 is 0 Å². The summed E-state index contributed by atoms with van der Waals surface area (Å²) in [6.45, 7) is 11.1. The molecule has 0 atom stereocenters. The van der Waals surface area contributed by atoms with Gasteiger partial charge in [-0.3, -0.25) is 14.4 Å². The molecule has 6 N–H and O–H groups in total. The number of urea groups is 1. The maximum absolute atomic E-state index is 13.5. The molecule has 3 amide bonds. The van der Waals surface area contributed by atoms with E-state index in [-0.39, 0.29) is 22.8 Å². The third-order valence-corrected chi connectivity index (χ3v) is 9.98. The first kappa shape index (κ1) is 41.5. The quantitative estimate of drug-likeness (QED) is 0.0699. The van der Waals surface area contributed by atoms with Gasteiger partial charge in [0.1, 0.15) is 23.1 Å². The van der Waals surface area contributed by atoms with Crippen molar-refractivity contribution in [2.45, 2.75) is 26.2 Å². The predicted octanol–water partition coefficient (Wildman–Crippen LogP) is 6.74. The number of fused-ring (bicyclic) bond motifs is 1. The number of nitrogens with zero attached hydrogens (tertiary/aromatic N) is 2. The average molecular weight is 811 g/mol. The van der Waals surface area contributed by atoms with Crippen molar-refractivity contribution in [3.05, 3.63) is 96.2 Å². The summed E-state index contributed by atoms with van der Waals surface area (Å²) in [5.74, 6) is 2.01. The minimum Gasteiger partial charge on any atom is -0.497 e. The Morgan fingerprint density at radius 1 is 0.845 bits per heavy atom. The Kier molecular flexibility index (Phi) is 12.9. The second-order valence-corrected chi connectivity index (χ2v) is 16.6. The number of piperazine rings is 1. The number of benzene rings is 4. The van der Waals surface area contributed by atoms with Gasteiger partial charge in [0.25, 0.3) is 5.91 Å². The second-order valence-electron chi connectivity index (χ2n) is 14.9. The molecule has 0 spiro atoms. The molecule has 0 saturated carbocycles. The van der Waals surface area contributed by atoms with Crippen molar-refractivity contribution in [1.82, 2.24) is 20.5 Å². The van der Waals surface area contributed by atoms with Gasteiger partial charge in [-0.15, -0.1) is 0 Å². The molecule has 1 fully saturated rings. The summed E-state index contributed by atoms with van der Waals surface area (Å²) in [4.78, 5) is 33.4. The molecular formula is C42H50N8O7S. The van der Waals surface area contributed by atoms with E-state index < -0.39 is 16.1 Å². The Balaban J connectivity index is 1.17. The maximum Gasteiger partial charge on any atom is 0.323 e. The Bertz CT molecular complexity index is 2400. The van der Waals surface area contributed by atoms with Gasteiger partial charge in [0.2, 0.25) is 10.0 Å². The number of nitrogens with one attached hydrogen (secondary N) is 6. The van der Waals surface area contributed by atoms with Gasteiger partial charge in [-0.1, -0.05) is 45.0 Å². The highest BCUT2D eigenvalue weighted by Gasteiger charge is 2.23. The van der Waals surface area contributed by atoms with E-state index in [4.69, 9.17) is 14.2 Å². The minimum absolute atomic E-state index is 0.169. The molecule has 0 bridgehead atoms. The van der Waals surface area contributed by atoms with E-state index in [0.717, 1.165) is 49.9 Å². The van der Waals surface area contributed by atoms with E-state index >= 15 is 0 Å². The van der Waals surface area contributed by atoms with Gasteiger partial charge < -0.3 is 40.8 Å². The first-order valence-corrected chi connectivity index (χ1v) is 20.7. The lowest BCUT2D eigenvalue weighted by Gasteiger charge is -2.27. The van der Waals surface area contributed by atoms with Crippen LogP contribution in [0.25, 0.3) is 10.8 Å². The van der Waals surface area contributed by atoms with Crippen LogP contribution in [-0.2, 0) is 15.4 Å². The molecule has 58 heavy (non-hydrogen) atoms. The highest BCUT2D eigenvalue weighted by Crippen LogP contribution is 2.40. The highest BCUT2D eigenvalue weighted by molar-refractivity contribution is 7.92. The van der Waals surface area contributed by atoms with Crippen LogP contribution in [0.4, 0.5) is 33.4 Å². The van der Waals surface area contributed by atoms with Crippen LogP contribution in [0.3, 0.4) is 0 Å². The molecule has 4 aromatic carbocycles. The number of ether oxygens (including phenoxy) is 3. The number of carbonyl (C=O) groups is 2. The van der Waals surface area contributed by atoms with Crippen LogP contribution in [0.1, 0.15) is 36.7 Å². The van der Waals surface area contributed by atoms with Gasteiger partial charge in [0, 0.05) is 79.6 Å². The molecule has 306 valence electrons. The van der Waals surface area contributed by atoms with Crippen molar-refractivity contribution >= 4 is 61.3 Å². The van der Waals surface area contributed by atoms with Crippen molar-refractivity contribution < 1.29 is 32.2 Å². The molecule has 0 unspecified atom stereocenters. The lowest BCUT2D eigenvalue weighted by Crippen LogP contribution is -2.46. The summed E-state index contributed by atoms with van der Waals surface area (Å²) in [5, 5.41) is 16.8. The predicted molar refractivity (Wildman–Crippen MR) is 229 cm³/mol. The van der Waals surface area contributed by atoms with Gasteiger partial charge in [-0.25, -0.2) is 18.2 Å². The Morgan fingerprint density at radius 2 is 1.57 bits per heavy atom. The summed E-state index contributed by atoms with van der Waals surface area (Å²) in [7, 11) is -0.687. The zero-order valence-electron chi connectivity index (χ0n) is 33.5. The zero-order valence-corrected chi connectivity index (χ0v) is 34.3. The molecule has 5 aromatic rings. The molecule has 1 saturated heterocycles. The summed E-state index contributed by atoms with van der Waals surface area (Å²) in [5.41, 5.74) is 2.49. The number of carbonyl (C=O) groups excluding carboxylic acids is 2. The molecule has 0 aliphatic carbocycles. The molecule has 15 nitrogen and oxygen atoms in total. The number of anilines is 5. The normalized spacial score (nSPS) is 13.3. The SMILES string of the molecule is COc1cc(Nc2cc(Oc3ccc(NC(=O)Nc4cc(C(C)(C)C)cc(NS(C)(=O)=O)c4OC)c4ccccc34)ccn2)cc(C(=O)NCCN2CCNCC2)c1. The number of rotatable bonds is 14. The van der Waals surface area contributed by atoms with Crippen LogP contribution in [0.2, 0.25) is 0 Å². The Morgan fingerprint density at radius 3 is 2.28 bits per heavy atom. The van der Waals surface area contributed by atoms with Crippen molar-refractivity contribution in [3.63, 3.8) is 0 Å². The molecule has 1 aromatic heterocycles. The fourth-order valence-corrected chi connectivity index (χ4v) is 7.05. The molecule has 1 aliphatic rings. The summed E-state index contributed by atoms with van der Waals surface area (Å²) in [6.07, 6.45) is 2.67. The zero-order chi connectivity index (χ0) is 41.5. The number of sulfonamides is 1. The van der Waals surface area contributed by atoms with Crippen molar-refractivity contribution in [2.75, 3.05) is 80.4 Å². The van der Waals surface area contributed by atoms with Crippen molar-refractivity contribution in [3.8, 4) is 23.0 Å². The van der Waals surface area contributed by atoms with Crippen LogP contribution in [-0.4, -0.2) is 90.0 Å². The Hall–Kier alpha value is -6.10. The van der Waals surface area contributed by atoms with E-state index in [1.54, 1.807) is 67.9 Å². The number of aromatic nitrogens is 1. The van der Waals surface area contributed by atoms with E-state index in [2.05, 4.69) is 41.2 Å². The van der Waals surface area contributed by atoms with Gasteiger partial charge >= 0.3 is 6.03 Å². The Labute approximate surface area is 338 Å². The van der Waals surface area contributed by atoms with E-state index in [1.807, 2.05) is 45.0 Å². The molecule has 16 heteroatoms. The summed E-state index contributed by atoms with van der Waals surface area (Å²) in [6, 6.07) is 22.6. The number of methoxy groups -OCH3 is 2. The summed E-state index contributed by atoms with van der Waals surface area (Å²) < 4.78 is 44.3. The van der Waals surface area contributed by atoms with Crippen molar-refractivity contribution in [1.29, 1.82) is 0 Å². The van der Waals surface area contributed by atoms with Crippen LogP contribution in [0, 0.1) is 0 Å². The number of hydrogen-bond donors (Lipinski definition) is 6. The van der Waals surface area contributed by atoms with Crippen molar-refractivity contribution in [2.24, 2.45) is 0 Å². The topological polar surface area (TPSA) is 184 Å². The van der Waals surface area contributed by atoms with E-state index in [9.17, 15) is 18.0 Å². The van der Waals surface area contributed by atoms with E-state index in [0.29, 0.717) is 57.6 Å². The second kappa shape index (κ2) is 18.0. The third kappa shape index (κ3) is 10.8. The maximum atomic E-state index is 13.5. The minimum atomic E-state index is -3.64. The van der Waals surface area contributed by atoms with Crippen LogP contribution in [0.5, 0.6) is 23.0 Å². The number of amides is 3. The summed E-state index contributed by atoms with van der Waals surface area (Å²) >= 11 is 0. The average Bonchev–Trinajstić information content (AvgIpc) is 3.18. The largest absolute Gasteiger partial charge is 0.497 e. The first-order chi connectivity index (χ1) is 27.7.